The quantitative estimate of drug-likeness (QED) is 0.895. The standard InChI is InChI=1S/C19H27N3O2/c23-19(21-11-15-2-1-7-20-10-15)16-6-9-24-18-5-8-22(13-17(16)18)12-14-3-4-14/h1-2,7,10,14,16-18H,3-6,8-9,11-13H2,(H,21,23)/t16-,17-,18-/m1/s1. The summed E-state index contributed by atoms with van der Waals surface area (Å²) < 4.78 is 5.98. The van der Waals surface area contributed by atoms with Crippen molar-refractivity contribution in [3.8, 4) is 0 Å². The fourth-order valence-corrected chi connectivity index (χ4v) is 4.16. The Labute approximate surface area is 143 Å². The summed E-state index contributed by atoms with van der Waals surface area (Å²) in [5, 5.41) is 3.12. The van der Waals surface area contributed by atoms with Crippen molar-refractivity contribution in [1.82, 2.24) is 15.2 Å². The molecule has 1 amide bonds. The van der Waals surface area contributed by atoms with Crippen LogP contribution in [0.2, 0.25) is 0 Å². The molecule has 0 radical (unpaired) electrons. The summed E-state index contributed by atoms with van der Waals surface area (Å²) in [6.07, 6.45) is 8.52. The number of hydrogen-bond acceptors (Lipinski definition) is 4. The Hall–Kier alpha value is -1.46. The molecule has 1 N–H and O–H groups in total. The first-order valence-corrected chi connectivity index (χ1v) is 9.30. The fraction of sp³-hybridized carbons (Fsp3) is 0.684. The third kappa shape index (κ3) is 3.78. The molecular formula is C19H27N3O2. The minimum Gasteiger partial charge on any atom is -0.378 e. The van der Waals surface area contributed by atoms with Crippen molar-refractivity contribution < 1.29 is 9.53 Å². The van der Waals surface area contributed by atoms with E-state index in [0.717, 1.165) is 44.0 Å². The van der Waals surface area contributed by atoms with E-state index >= 15 is 0 Å². The van der Waals surface area contributed by atoms with Crippen LogP contribution in [0.5, 0.6) is 0 Å². The van der Waals surface area contributed by atoms with E-state index in [-0.39, 0.29) is 17.9 Å². The number of nitrogens with zero attached hydrogens (tertiary/aromatic N) is 2. The number of hydrogen-bond donors (Lipinski definition) is 1. The lowest BCUT2D eigenvalue weighted by atomic mass is 9.79. The molecule has 3 atom stereocenters. The van der Waals surface area contributed by atoms with Gasteiger partial charge in [0.2, 0.25) is 5.91 Å². The van der Waals surface area contributed by atoms with Crippen LogP contribution in [0.15, 0.2) is 24.5 Å². The van der Waals surface area contributed by atoms with Crippen LogP contribution in [0.3, 0.4) is 0 Å². The summed E-state index contributed by atoms with van der Waals surface area (Å²) in [5.41, 5.74) is 1.05. The maximum atomic E-state index is 12.8. The number of carbonyl (C=O) groups is 1. The second-order valence-electron chi connectivity index (χ2n) is 7.54. The summed E-state index contributed by atoms with van der Waals surface area (Å²) in [4.78, 5) is 19.4. The predicted molar refractivity (Wildman–Crippen MR) is 91.2 cm³/mol. The van der Waals surface area contributed by atoms with Gasteiger partial charge in [-0.3, -0.25) is 9.78 Å². The molecule has 130 valence electrons. The van der Waals surface area contributed by atoms with E-state index in [9.17, 15) is 4.79 Å². The normalized spacial score (nSPS) is 30.6. The highest BCUT2D eigenvalue weighted by Crippen LogP contribution is 2.36. The number of nitrogens with one attached hydrogen (secondary N) is 1. The molecule has 1 aliphatic carbocycles. The number of amides is 1. The maximum absolute atomic E-state index is 12.8. The molecule has 1 aromatic heterocycles. The molecule has 2 saturated heterocycles. The van der Waals surface area contributed by atoms with Crippen molar-refractivity contribution in [3.63, 3.8) is 0 Å². The van der Waals surface area contributed by atoms with Crippen LogP contribution in [0, 0.1) is 17.8 Å². The second kappa shape index (κ2) is 7.19. The molecule has 0 unspecified atom stereocenters. The Morgan fingerprint density at radius 3 is 3.04 bits per heavy atom. The highest BCUT2D eigenvalue weighted by molar-refractivity contribution is 5.79. The van der Waals surface area contributed by atoms with Gasteiger partial charge < -0.3 is 15.0 Å². The van der Waals surface area contributed by atoms with Gasteiger partial charge in [-0.2, -0.15) is 0 Å². The Bertz CT molecular complexity index is 561. The highest BCUT2D eigenvalue weighted by atomic mass is 16.5. The summed E-state index contributed by atoms with van der Waals surface area (Å²) in [5.74, 6) is 1.52. The smallest absolute Gasteiger partial charge is 0.223 e. The van der Waals surface area contributed by atoms with Crippen LogP contribution in [-0.4, -0.2) is 48.1 Å². The van der Waals surface area contributed by atoms with Crippen molar-refractivity contribution >= 4 is 5.91 Å². The molecule has 24 heavy (non-hydrogen) atoms. The average molecular weight is 329 g/mol. The zero-order valence-electron chi connectivity index (χ0n) is 14.2. The molecule has 5 heteroatoms. The zero-order valence-corrected chi connectivity index (χ0v) is 14.2. The van der Waals surface area contributed by atoms with Crippen molar-refractivity contribution in [2.24, 2.45) is 17.8 Å². The van der Waals surface area contributed by atoms with Crippen LogP contribution in [0.4, 0.5) is 0 Å². The van der Waals surface area contributed by atoms with Crippen LogP contribution in [-0.2, 0) is 16.1 Å². The molecule has 1 aromatic rings. The van der Waals surface area contributed by atoms with E-state index in [4.69, 9.17) is 4.74 Å². The van der Waals surface area contributed by atoms with E-state index < -0.39 is 0 Å². The molecule has 3 aliphatic rings. The fourth-order valence-electron chi connectivity index (χ4n) is 4.16. The molecule has 0 bridgehead atoms. The third-order valence-corrected chi connectivity index (χ3v) is 5.69. The first-order valence-electron chi connectivity index (χ1n) is 9.30. The largest absolute Gasteiger partial charge is 0.378 e. The van der Waals surface area contributed by atoms with Gasteiger partial charge in [-0.05, 0) is 43.2 Å². The minimum absolute atomic E-state index is 0.0856. The molecule has 3 heterocycles. The van der Waals surface area contributed by atoms with E-state index in [0.29, 0.717) is 12.5 Å². The van der Waals surface area contributed by atoms with Gasteiger partial charge in [0.15, 0.2) is 0 Å². The maximum Gasteiger partial charge on any atom is 0.223 e. The molecule has 0 spiro atoms. The number of ether oxygens (including phenoxy) is 1. The monoisotopic (exact) mass is 329 g/mol. The van der Waals surface area contributed by atoms with Crippen molar-refractivity contribution in [2.45, 2.75) is 38.3 Å². The van der Waals surface area contributed by atoms with E-state index in [1.54, 1.807) is 6.20 Å². The summed E-state index contributed by atoms with van der Waals surface area (Å²) in [6, 6.07) is 3.90. The van der Waals surface area contributed by atoms with Gasteiger partial charge in [-0.15, -0.1) is 0 Å². The predicted octanol–water partition coefficient (Wildman–Crippen LogP) is 1.83. The number of pyridine rings is 1. The van der Waals surface area contributed by atoms with Crippen molar-refractivity contribution in [1.29, 1.82) is 0 Å². The second-order valence-corrected chi connectivity index (χ2v) is 7.54. The first-order chi connectivity index (χ1) is 11.8. The van der Waals surface area contributed by atoms with Gasteiger partial charge >= 0.3 is 0 Å². The third-order valence-electron chi connectivity index (χ3n) is 5.69. The van der Waals surface area contributed by atoms with Crippen LogP contribution < -0.4 is 5.32 Å². The molecule has 3 fully saturated rings. The Balaban J connectivity index is 1.36. The van der Waals surface area contributed by atoms with E-state index in [1.807, 2.05) is 18.3 Å². The minimum atomic E-state index is 0.0856. The highest BCUT2D eigenvalue weighted by Gasteiger charge is 2.42. The molecule has 5 nitrogen and oxygen atoms in total. The first kappa shape index (κ1) is 16.0. The molecule has 1 saturated carbocycles. The van der Waals surface area contributed by atoms with Crippen LogP contribution in [0.25, 0.3) is 0 Å². The Kier molecular flexibility index (Phi) is 4.81. The zero-order chi connectivity index (χ0) is 16.4. The lowest BCUT2D eigenvalue weighted by Gasteiger charge is -2.44. The van der Waals surface area contributed by atoms with Gasteiger partial charge in [0.1, 0.15) is 0 Å². The molecule has 0 aromatic carbocycles. The topological polar surface area (TPSA) is 54.5 Å². The van der Waals surface area contributed by atoms with Gasteiger partial charge in [0.05, 0.1) is 6.10 Å². The van der Waals surface area contributed by atoms with Gasteiger partial charge in [0.25, 0.3) is 0 Å². The average Bonchev–Trinajstić information content (AvgIpc) is 3.44. The summed E-state index contributed by atoms with van der Waals surface area (Å²) >= 11 is 0. The summed E-state index contributed by atoms with van der Waals surface area (Å²) in [6.45, 7) is 4.64. The van der Waals surface area contributed by atoms with E-state index in [1.165, 1.54) is 19.4 Å². The number of aromatic nitrogens is 1. The van der Waals surface area contributed by atoms with E-state index in [2.05, 4.69) is 15.2 Å². The Morgan fingerprint density at radius 1 is 1.33 bits per heavy atom. The van der Waals surface area contributed by atoms with Gasteiger partial charge in [-0.1, -0.05) is 6.07 Å². The number of carbonyl (C=O) groups excluding carboxylic acids is 1. The molecule has 4 rings (SSSR count). The number of likely N-dealkylation sites (tertiary alicyclic amines) is 1. The van der Waals surface area contributed by atoms with Gasteiger partial charge in [0, 0.05) is 57.0 Å². The van der Waals surface area contributed by atoms with Gasteiger partial charge in [-0.25, -0.2) is 0 Å². The number of piperidine rings is 1. The Morgan fingerprint density at radius 2 is 2.25 bits per heavy atom. The lowest BCUT2D eigenvalue weighted by Crippen LogP contribution is -2.53. The number of rotatable bonds is 5. The van der Waals surface area contributed by atoms with Crippen LogP contribution in [0.1, 0.15) is 31.2 Å². The van der Waals surface area contributed by atoms with Crippen molar-refractivity contribution in [2.75, 3.05) is 26.2 Å². The lowest BCUT2D eigenvalue weighted by molar-refractivity contribution is -0.142. The SMILES string of the molecule is O=C(NCc1cccnc1)[C@@H]1CCO[C@@H]2CCN(CC3CC3)C[C@@H]21. The van der Waals surface area contributed by atoms with Crippen molar-refractivity contribution in [3.05, 3.63) is 30.1 Å². The molecular weight excluding hydrogens is 302 g/mol. The summed E-state index contributed by atoms with van der Waals surface area (Å²) in [7, 11) is 0. The molecule has 2 aliphatic heterocycles. The number of fused-ring (bicyclic) bond motifs is 1. The van der Waals surface area contributed by atoms with Crippen LogP contribution >= 0.6 is 0 Å².